The van der Waals surface area contributed by atoms with Crippen molar-refractivity contribution in [2.24, 2.45) is 7.05 Å². The Bertz CT molecular complexity index is 1130. The first kappa shape index (κ1) is 21.9. The van der Waals surface area contributed by atoms with Crippen molar-refractivity contribution in [3.05, 3.63) is 42.4 Å². The lowest BCUT2D eigenvalue weighted by atomic mass is 9.96. The summed E-state index contributed by atoms with van der Waals surface area (Å²) >= 11 is 0. The topological polar surface area (TPSA) is 75.9 Å². The molecule has 0 aliphatic carbocycles. The average Bonchev–Trinajstić information content (AvgIpc) is 3.37. The van der Waals surface area contributed by atoms with Crippen LogP contribution in [0.5, 0.6) is 0 Å². The Morgan fingerprint density at radius 3 is 2.55 bits per heavy atom. The van der Waals surface area contributed by atoms with E-state index in [1.807, 2.05) is 48.6 Å². The van der Waals surface area contributed by atoms with Gasteiger partial charge < -0.3 is 10.2 Å². The maximum atomic E-state index is 13.2. The van der Waals surface area contributed by atoms with Gasteiger partial charge in [0.2, 0.25) is 5.91 Å². The fourth-order valence-corrected chi connectivity index (χ4v) is 5.35. The number of benzene rings is 1. The van der Waals surface area contributed by atoms with E-state index in [0.717, 1.165) is 47.7 Å². The number of hydrogen-bond acceptors (Lipinski definition) is 5. The quantitative estimate of drug-likeness (QED) is 0.594. The van der Waals surface area contributed by atoms with Gasteiger partial charge >= 0.3 is 0 Å². The van der Waals surface area contributed by atoms with Gasteiger partial charge in [0, 0.05) is 42.3 Å². The molecule has 1 aromatic carbocycles. The molecule has 2 saturated heterocycles. The van der Waals surface area contributed by atoms with Crippen molar-refractivity contribution in [1.82, 2.24) is 30.2 Å². The van der Waals surface area contributed by atoms with E-state index in [2.05, 4.69) is 20.6 Å². The third-order valence-corrected chi connectivity index (χ3v) is 6.87. The predicted octanol–water partition coefficient (Wildman–Crippen LogP) is 2.99. The Labute approximate surface area is 191 Å². The van der Waals surface area contributed by atoms with Crippen molar-refractivity contribution >= 4 is 16.8 Å². The molecule has 4 heterocycles. The van der Waals surface area contributed by atoms with Crippen molar-refractivity contribution in [1.29, 1.82) is 0 Å². The fraction of sp³-hybridized carbons (Fsp3) is 0.500. The van der Waals surface area contributed by atoms with Gasteiger partial charge in [0.25, 0.3) is 0 Å². The van der Waals surface area contributed by atoms with Gasteiger partial charge in [-0.05, 0) is 49.4 Å². The van der Waals surface area contributed by atoms with Crippen LogP contribution in [0, 0.1) is 0 Å². The number of piperidine rings is 1. The highest BCUT2D eigenvalue weighted by Crippen LogP contribution is 2.36. The molecule has 3 aromatic rings. The van der Waals surface area contributed by atoms with E-state index in [4.69, 9.17) is 0 Å². The number of halogens is 2. The van der Waals surface area contributed by atoms with Gasteiger partial charge in [-0.3, -0.25) is 9.48 Å². The Hall–Kier alpha value is -2.94. The Kier molecular flexibility index (Phi) is 6.05. The molecule has 2 aromatic heterocycles. The highest BCUT2D eigenvalue weighted by atomic mass is 19.1. The zero-order valence-corrected chi connectivity index (χ0v) is 18.6. The summed E-state index contributed by atoms with van der Waals surface area (Å²) in [6.45, 7) is -1.43. The summed E-state index contributed by atoms with van der Waals surface area (Å²) in [4.78, 5) is 15.2. The smallest absolute Gasteiger partial charge is 0.229 e. The molecular weight excluding hydrogens is 426 g/mol. The second-order valence-corrected chi connectivity index (χ2v) is 9.22. The van der Waals surface area contributed by atoms with Crippen molar-refractivity contribution in [2.45, 2.75) is 56.3 Å². The van der Waals surface area contributed by atoms with Gasteiger partial charge in [-0.25, -0.2) is 8.78 Å². The second kappa shape index (κ2) is 9.13. The summed E-state index contributed by atoms with van der Waals surface area (Å²) < 4.78 is 27.6. The normalized spacial score (nSPS) is 22.4. The number of rotatable bonds is 7. The molecule has 9 heteroatoms. The number of aromatic nitrogens is 4. The van der Waals surface area contributed by atoms with Crippen molar-refractivity contribution in [2.75, 3.05) is 13.3 Å². The zero-order valence-electron chi connectivity index (χ0n) is 18.6. The van der Waals surface area contributed by atoms with Crippen LogP contribution in [0.25, 0.3) is 22.0 Å². The molecule has 0 radical (unpaired) electrons. The van der Waals surface area contributed by atoms with E-state index in [1.165, 1.54) is 0 Å². The van der Waals surface area contributed by atoms with Gasteiger partial charge in [0.15, 0.2) is 0 Å². The number of nitrogens with one attached hydrogen (secondary N) is 1. The molecule has 33 heavy (non-hydrogen) atoms. The maximum Gasteiger partial charge on any atom is 0.229 e. The van der Waals surface area contributed by atoms with Crippen LogP contribution < -0.4 is 5.32 Å². The molecule has 2 bridgehead atoms. The first-order chi connectivity index (χ1) is 16.0. The lowest BCUT2D eigenvalue weighted by Crippen LogP contribution is -2.54. The summed E-state index contributed by atoms with van der Waals surface area (Å²) in [6, 6.07) is 7.42. The molecule has 7 nitrogen and oxygen atoms in total. The Morgan fingerprint density at radius 1 is 1.12 bits per heavy atom. The molecule has 2 aliphatic heterocycles. The third-order valence-electron chi connectivity index (χ3n) is 6.87. The van der Waals surface area contributed by atoms with Gasteiger partial charge in [-0.2, -0.15) is 15.3 Å². The highest BCUT2D eigenvalue weighted by Gasteiger charge is 2.43. The van der Waals surface area contributed by atoms with E-state index >= 15 is 0 Å². The Morgan fingerprint density at radius 2 is 1.88 bits per heavy atom. The fourth-order valence-electron chi connectivity index (χ4n) is 5.35. The maximum absolute atomic E-state index is 13.2. The predicted molar refractivity (Wildman–Crippen MR) is 121 cm³/mol. The van der Waals surface area contributed by atoms with E-state index in [1.54, 1.807) is 4.68 Å². The number of carbonyl (C=O) groups is 1. The van der Waals surface area contributed by atoms with Crippen LogP contribution in [0.15, 0.2) is 36.7 Å². The van der Waals surface area contributed by atoms with Crippen molar-refractivity contribution < 1.29 is 13.6 Å². The summed E-state index contributed by atoms with van der Waals surface area (Å²) in [6.07, 6.45) is 7.30. The monoisotopic (exact) mass is 454 g/mol. The lowest BCUT2D eigenvalue weighted by molar-refractivity contribution is -0.135. The Balaban J connectivity index is 1.29. The largest absolute Gasteiger partial charge is 0.336 e. The number of amides is 1. The molecule has 1 amide bonds. The number of fused-ring (bicyclic) bond motifs is 3. The van der Waals surface area contributed by atoms with Crippen LogP contribution in [0.3, 0.4) is 0 Å². The molecule has 2 fully saturated rings. The molecular formula is C24H28F2N6O. The van der Waals surface area contributed by atoms with Crippen LogP contribution in [-0.4, -0.2) is 68.3 Å². The molecule has 3 atom stereocenters. The highest BCUT2D eigenvalue weighted by molar-refractivity contribution is 5.85. The van der Waals surface area contributed by atoms with E-state index in [0.29, 0.717) is 5.69 Å². The van der Waals surface area contributed by atoms with Gasteiger partial charge in [-0.15, -0.1) is 0 Å². The van der Waals surface area contributed by atoms with Crippen LogP contribution in [0.2, 0.25) is 0 Å². The molecule has 0 saturated carbocycles. The minimum atomic E-state index is -0.749. The molecule has 0 spiro atoms. The average molecular weight is 455 g/mol. The first-order valence-corrected chi connectivity index (χ1v) is 11.5. The number of nitrogens with zero attached hydrogens (tertiary/aromatic N) is 5. The molecule has 2 aliphatic rings. The summed E-state index contributed by atoms with van der Waals surface area (Å²) in [5, 5.41) is 16.9. The summed E-state index contributed by atoms with van der Waals surface area (Å²) in [5.41, 5.74) is 3.48. The molecule has 5 rings (SSSR count). The molecule has 1 N–H and O–H groups in total. The minimum absolute atomic E-state index is 0.0468. The first-order valence-electron chi connectivity index (χ1n) is 11.5. The number of aryl methyl sites for hydroxylation is 1. The van der Waals surface area contributed by atoms with E-state index in [9.17, 15) is 13.6 Å². The molecule has 174 valence electrons. The van der Waals surface area contributed by atoms with Crippen molar-refractivity contribution in [3.63, 3.8) is 0 Å². The van der Waals surface area contributed by atoms with E-state index < -0.39 is 19.4 Å². The van der Waals surface area contributed by atoms with Gasteiger partial charge in [0.1, 0.15) is 13.3 Å². The van der Waals surface area contributed by atoms with Gasteiger partial charge in [-0.1, -0.05) is 6.07 Å². The lowest BCUT2D eigenvalue weighted by Gasteiger charge is -2.40. The van der Waals surface area contributed by atoms with E-state index in [-0.39, 0.29) is 30.5 Å². The minimum Gasteiger partial charge on any atom is -0.336 e. The standard InChI is InChI=1S/C24H28F2N6O/c1-31-14-17(13-27-31)15-2-5-23-16(6-15)7-19(29-30-23)10-24(33)32-21-3-4-22(32)9-18(8-21)28-20(11-25)12-26/h2,5-7,13-14,18,20-22,28H,3-4,8-12H2,1H3/t18?,21-,22+. The van der Waals surface area contributed by atoms with Crippen LogP contribution in [-0.2, 0) is 18.3 Å². The zero-order chi connectivity index (χ0) is 22.9. The molecule has 1 unspecified atom stereocenters. The summed E-state index contributed by atoms with van der Waals surface area (Å²) in [7, 11) is 1.88. The van der Waals surface area contributed by atoms with Crippen LogP contribution >= 0.6 is 0 Å². The number of carbonyl (C=O) groups excluding carboxylic acids is 1. The SMILES string of the molecule is Cn1cc(-c2ccc3nnc(CC(=O)N4[C@@H]5CC[C@H]4CC(NC(CF)CF)C5)cc3c2)cn1. The summed E-state index contributed by atoms with van der Waals surface area (Å²) in [5.74, 6) is 0.0468. The second-order valence-electron chi connectivity index (χ2n) is 9.22. The van der Waals surface area contributed by atoms with Crippen LogP contribution in [0.4, 0.5) is 8.78 Å². The van der Waals surface area contributed by atoms with Crippen molar-refractivity contribution in [3.8, 4) is 11.1 Å². The number of alkyl halides is 2. The third kappa shape index (κ3) is 4.46. The van der Waals surface area contributed by atoms with Crippen LogP contribution in [0.1, 0.15) is 31.4 Å². The number of hydrogen-bond donors (Lipinski definition) is 1. The van der Waals surface area contributed by atoms with Gasteiger partial charge in [0.05, 0.1) is 29.9 Å².